The average Bonchev–Trinajstić information content (AvgIpc) is 3.03. The number of urea groups is 1. The van der Waals surface area contributed by atoms with Gasteiger partial charge in [-0.3, -0.25) is 10.1 Å². The summed E-state index contributed by atoms with van der Waals surface area (Å²) in [4.78, 5) is 29.6. The fraction of sp³-hybridized carbons (Fsp3) is 0.500. The van der Waals surface area contributed by atoms with Gasteiger partial charge in [-0.05, 0) is 51.7 Å². The first-order valence-electron chi connectivity index (χ1n) is 10.3. The van der Waals surface area contributed by atoms with Crippen LogP contribution < -0.4 is 16.0 Å². The van der Waals surface area contributed by atoms with Crippen molar-refractivity contribution >= 4 is 34.1 Å². The van der Waals surface area contributed by atoms with E-state index in [9.17, 15) is 9.59 Å². The topological polar surface area (TPSA) is 92.3 Å². The maximum Gasteiger partial charge on any atom is 0.321 e. The summed E-state index contributed by atoms with van der Waals surface area (Å²) in [6.07, 6.45) is 2.91. The number of nitrogens with one attached hydrogen (secondary N) is 3. The Labute approximate surface area is 182 Å². The largest absolute Gasteiger partial charge is 0.381 e. The predicted molar refractivity (Wildman–Crippen MR) is 123 cm³/mol. The number of hydrogen-bond donors (Lipinski definition) is 3. The SMILES string of the molecule is CCCCOCCCNC(=O)Nc1nc(C)c(C(=O)Nc2c(C)cc(C)cc2C)s1. The highest BCUT2D eigenvalue weighted by Crippen LogP contribution is 2.26. The number of benzene rings is 1. The van der Waals surface area contributed by atoms with Crippen LogP contribution in [0.1, 0.15) is 58.2 Å². The Morgan fingerprint density at radius 2 is 1.70 bits per heavy atom. The molecule has 0 aliphatic heterocycles. The van der Waals surface area contributed by atoms with Gasteiger partial charge < -0.3 is 15.4 Å². The van der Waals surface area contributed by atoms with Gasteiger partial charge in [-0.1, -0.05) is 42.4 Å². The zero-order valence-electron chi connectivity index (χ0n) is 18.5. The first-order chi connectivity index (χ1) is 14.3. The zero-order chi connectivity index (χ0) is 22.1. The van der Waals surface area contributed by atoms with Crippen molar-refractivity contribution in [1.82, 2.24) is 10.3 Å². The molecule has 0 spiro atoms. The zero-order valence-corrected chi connectivity index (χ0v) is 19.3. The molecule has 1 aromatic heterocycles. The third kappa shape index (κ3) is 7.11. The standard InChI is InChI=1S/C22H32N4O3S/c1-6-7-10-29-11-8-9-23-21(28)26-22-24-17(5)19(30-22)20(27)25-18-15(3)12-14(2)13-16(18)4/h12-13H,6-11H2,1-5H3,(H,25,27)(H2,23,24,26,28). The number of rotatable bonds is 10. The lowest BCUT2D eigenvalue weighted by Gasteiger charge is -2.12. The molecule has 2 aromatic rings. The molecule has 0 saturated carbocycles. The summed E-state index contributed by atoms with van der Waals surface area (Å²) in [6, 6.07) is 3.73. The molecule has 3 amide bonds. The lowest BCUT2D eigenvalue weighted by atomic mass is 10.1. The number of aryl methyl sites for hydroxylation is 4. The molecule has 0 bridgehead atoms. The Morgan fingerprint density at radius 3 is 2.37 bits per heavy atom. The second-order valence-electron chi connectivity index (χ2n) is 7.36. The lowest BCUT2D eigenvalue weighted by molar-refractivity contribution is 0.102. The van der Waals surface area contributed by atoms with Crippen molar-refractivity contribution in [3.63, 3.8) is 0 Å². The van der Waals surface area contributed by atoms with Crippen molar-refractivity contribution in [1.29, 1.82) is 0 Å². The lowest BCUT2D eigenvalue weighted by Crippen LogP contribution is -2.30. The third-order valence-electron chi connectivity index (χ3n) is 4.53. The van der Waals surface area contributed by atoms with E-state index in [4.69, 9.17) is 4.74 Å². The Morgan fingerprint density at radius 1 is 1.03 bits per heavy atom. The van der Waals surface area contributed by atoms with E-state index >= 15 is 0 Å². The van der Waals surface area contributed by atoms with Crippen molar-refractivity contribution < 1.29 is 14.3 Å². The maximum absolute atomic E-state index is 12.8. The van der Waals surface area contributed by atoms with Crippen LogP contribution in [-0.4, -0.2) is 36.7 Å². The van der Waals surface area contributed by atoms with E-state index in [2.05, 4.69) is 27.9 Å². The van der Waals surface area contributed by atoms with Crippen LogP contribution in [0.3, 0.4) is 0 Å². The molecule has 7 nitrogen and oxygen atoms in total. The van der Waals surface area contributed by atoms with Crippen LogP contribution in [0.15, 0.2) is 12.1 Å². The average molecular weight is 433 g/mol. The van der Waals surface area contributed by atoms with E-state index in [1.165, 1.54) is 0 Å². The van der Waals surface area contributed by atoms with Gasteiger partial charge in [-0.2, -0.15) is 0 Å². The van der Waals surface area contributed by atoms with E-state index in [-0.39, 0.29) is 11.9 Å². The Bertz CT molecular complexity index is 856. The molecule has 164 valence electrons. The smallest absolute Gasteiger partial charge is 0.321 e. The van der Waals surface area contributed by atoms with Gasteiger partial charge in [0.1, 0.15) is 4.88 Å². The number of ether oxygens (including phenoxy) is 1. The van der Waals surface area contributed by atoms with Gasteiger partial charge in [0.2, 0.25) is 0 Å². The summed E-state index contributed by atoms with van der Waals surface area (Å²) in [6.45, 7) is 11.8. The molecule has 1 aromatic carbocycles. The molecule has 30 heavy (non-hydrogen) atoms. The minimum atomic E-state index is -0.338. The molecule has 0 radical (unpaired) electrons. The monoisotopic (exact) mass is 432 g/mol. The van der Waals surface area contributed by atoms with Crippen molar-refractivity contribution in [2.24, 2.45) is 0 Å². The molecule has 1 heterocycles. The van der Waals surface area contributed by atoms with Crippen molar-refractivity contribution in [2.45, 2.75) is 53.9 Å². The highest BCUT2D eigenvalue weighted by Gasteiger charge is 2.18. The number of carbonyl (C=O) groups is 2. The third-order valence-corrected chi connectivity index (χ3v) is 5.60. The second-order valence-corrected chi connectivity index (χ2v) is 8.36. The van der Waals surface area contributed by atoms with Crippen LogP contribution >= 0.6 is 11.3 Å². The molecular formula is C22H32N4O3S. The number of carbonyl (C=O) groups excluding carboxylic acids is 2. The summed E-state index contributed by atoms with van der Waals surface area (Å²) >= 11 is 1.16. The highest BCUT2D eigenvalue weighted by atomic mass is 32.1. The van der Waals surface area contributed by atoms with Crippen LogP contribution in [0.25, 0.3) is 0 Å². The Hall–Kier alpha value is -2.45. The van der Waals surface area contributed by atoms with Gasteiger partial charge in [0, 0.05) is 25.4 Å². The Kier molecular flexibility index (Phi) is 9.26. The number of thiazole rings is 1. The molecule has 3 N–H and O–H groups in total. The van der Waals surface area contributed by atoms with Crippen LogP contribution in [0.2, 0.25) is 0 Å². The summed E-state index contributed by atoms with van der Waals surface area (Å²) in [5, 5.41) is 8.85. The fourth-order valence-electron chi connectivity index (χ4n) is 3.07. The van der Waals surface area contributed by atoms with E-state index in [0.717, 1.165) is 59.6 Å². The minimum absolute atomic E-state index is 0.224. The quantitative estimate of drug-likeness (QED) is 0.463. The van der Waals surface area contributed by atoms with Gasteiger partial charge in [0.25, 0.3) is 5.91 Å². The van der Waals surface area contributed by atoms with Crippen LogP contribution in [0.5, 0.6) is 0 Å². The van der Waals surface area contributed by atoms with Crippen molar-refractivity contribution in [3.8, 4) is 0 Å². The van der Waals surface area contributed by atoms with Crippen LogP contribution in [0.4, 0.5) is 15.6 Å². The first-order valence-corrected chi connectivity index (χ1v) is 11.1. The van der Waals surface area contributed by atoms with Gasteiger partial charge in [0.05, 0.1) is 5.69 Å². The van der Waals surface area contributed by atoms with E-state index in [1.807, 2.05) is 32.9 Å². The summed E-state index contributed by atoms with van der Waals surface area (Å²) < 4.78 is 5.47. The predicted octanol–water partition coefficient (Wildman–Crippen LogP) is 4.96. The Balaban J connectivity index is 1.87. The molecule has 8 heteroatoms. The van der Waals surface area contributed by atoms with E-state index < -0.39 is 0 Å². The molecule has 0 aliphatic rings. The number of aromatic nitrogens is 1. The number of nitrogens with zero attached hydrogens (tertiary/aromatic N) is 1. The number of anilines is 2. The van der Waals surface area contributed by atoms with Gasteiger partial charge in [-0.25, -0.2) is 9.78 Å². The number of unbranched alkanes of at least 4 members (excludes halogenated alkanes) is 1. The number of hydrogen-bond acceptors (Lipinski definition) is 5. The van der Waals surface area contributed by atoms with Crippen LogP contribution in [0, 0.1) is 27.7 Å². The molecule has 0 fully saturated rings. The van der Waals surface area contributed by atoms with E-state index in [0.29, 0.717) is 28.9 Å². The number of amides is 3. The second kappa shape index (κ2) is 11.7. The maximum atomic E-state index is 12.8. The first kappa shape index (κ1) is 23.8. The van der Waals surface area contributed by atoms with Gasteiger partial charge in [0.15, 0.2) is 5.13 Å². The molecule has 0 atom stereocenters. The summed E-state index contributed by atoms with van der Waals surface area (Å²) in [7, 11) is 0. The molecule has 0 unspecified atom stereocenters. The molecule has 2 rings (SSSR count). The van der Waals surface area contributed by atoms with Crippen LogP contribution in [-0.2, 0) is 4.74 Å². The summed E-state index contributed by atoms with van der Waals surface area (Å²) in [5.41, 5.74) is 4.58. The van der Waals surface area contributed by atoms with Gasteiger partial charge >= 0.3 is 6.03 Å². The fourth-order valence-corrected chi connectivity index (χ4v) is 3.93. The molecule has 0 aliphatic carbocycles. The molecular weight excluding hydrogens is 400 g/mol. The molecule has 0 saturated heterocycles. The van der Waals surface area contributed by atoms with E-state index in [1.54, 1.807) is 6.92 Å². The van der Waals surface area contributed by atoms with Crippen molar-refractivity contribution in [2.75, 3.05) is 30.4 Å². The van der Waals surface area contributed by atoms with Crippen molar-refractivity contribution in [3.05, 3.63) is 39.4 Å². The normalized spacial score (nSPS) is 10.7. The van der Waals surface area contributed by atoms with Gasteiger partial charge in [-0.15, -0.1) is 0 Å². The minimum Gasteiger partial charge on any atom is -0.381 e. The highest BCUT2D eigenvalue weighted by molar-refractivity contribution is 7.17. The summed E-state index contributed by atoms with van der Waals surface area (Å²) in [5.74, 6) is -0.224.